The Morgan fingerprint density at radius 2 is 1.90 bits per heavy atom. The van der Waals surface area contributed by atoms with E-state index in [9.17, 15) is 13.2 Å². The van der Waals surface area contributed by atoms with E-state index < -0.39 is 9.84 Å². The van der Waals surface area contributed by atoms with Crippen LogP contribution in [0.15, 0.2) is 53.5 Å². The molecule has 0 N–H and O–H groups in total. The zero-order valence-electron chi connectivity index (χ0n) is 15.4. The van der Waals surface area contributed by atoms with Crippen molar-refractivity contribution in [1.82, 2.24) is 4.90 Å². The number of amides is 1. The third kappa shape index (κ3) is 3.60. The highest BCUT2D eigenvalue weighted by Crippen LogP contribution is 2.39. The van der Waals surface area contributed by atoms with Gasteiger partial charge in [-0.15, -0.1) is 0 Å². The summed E-state index contributed by atoms with van der Waals surface area (Å²) in [6.07, 6.45) is 0. The van der Waals surface area contributed by atoms with E-state index in [0.717, 1.165) is 5.56 Å². The van der Waals surface area contributed by atoms with E-state index in [1.165, 1.54) is 11.8 Å². The minimum atomic E-state index is -3.07. The number of fused-ring (bicyclic) bond motifs is 2. The average molecular weight is 431 g/mol. The number of carbonyl (C=O) groups excluding carboxylic acids is 1. The monoisotopic (exact) mass is 430 g/mol. The number of thioether (sulfide) groups is 1. The molecule has 0 spiro atoms. The van der Waals surface area contributed by atoms with Crippen LogP contribution in [0.3, 0.4) is 0 Å². The molecule has 3 aliphatic rings. The number of benzene rings is 2. The van der Waals surface area contributed by atoms with Gasteiger partial charge in [0.05, 0.1) is 17.5 Å². The van der Waals surface area contributed by atoms with E-state index in [4.69, 9.17) is 9.47 Å². The smallest absolute Gasteiger partial charge is 0.279 e. The highest BCUT2D eigenvalue weighted by atomic mass is 32.2. The van der Waals surface area contributed by atoms with Gasteiger partial charge in [0.15, 0.2) is 26.5 Å². The molecule has 0 bridgehead atoms. The topological polar surface area (TPSA) is 85.3 Å². The first-order chi connectivity index (χ1) is 14.0. The van der Waals surface area contributed by atoms with Gasteiger partial charge in [0.25, 0.3) is 5.91 Å². The number of rotatable bonds is 3. The quantitative estimate of drug-likeness (QED) is 0.739. The van der Waals surface area contributed by atoms with Crippen LogP contribution in [0.4, 0.5) is 0 Å². The van der Waals surface area contributed by atoms with Gasteiger partial charge in [-0.1, -0.05) is 42.1 Å². The van der Waals surface area contributed by atoms with E-state index in [-0.39, 0.29) is 35.5 Å². The fourth-order valence-corrected chi connectivity index (χ4v) is 7.73. The van der Waals surface area contributed by atoms with Crippen molar-refractivity contribution in [3.05, 3.63) is 59.7 Å². The maximum atomic E-state index is 12.8. The average Bonchev–Trinajstić information content (AvgIpc) is 3.36. The zero-order chi connectivity index (χ0) is 20.0. The maximum Gasteiger partial charge on any atom is 0.279 e. The van der Waals surface area contributed by atoms with Crippen molar-refractivity contribution < 1.29 is 22.7 Å². The second-order valence-electron chi connectivity index (χ2n) is 7.18. The Hall–Kier alpha value is -2.52. The summed E-state index contributed by atoms with van der Waals surface area (Å²) in [6.45, 7) is 0.651. The van der Waals surface area contributed by atoms with Crippen molar-refractivity contribution in [3.63, 3.8) is 0 Å². The summed E-state index contributed by atoms with van der Waals surface area (Å²) in [6, 6.07) is 14.6. The van der Waals surface area contributed by atoms with Crippen LogP contribution >= 0.6 is 11.8 Å². The van der Waals surface area contributed by atoms with Gasteiger partial charge in [0, 0.05) is 17.4 Å². The van der Waals surface area contributed by atoms with Crippen LogP contribution in [-0.4, -0.2) is 54.0 Å². The number of sulfone groups is 1. The van der Waals surface area contributed by atoms with Gasteiger partial charge >= 0.3 is 0 Å². The van der Waals surface area contributed by atoms with Gasteiger partial charge in [0.2, 0.25) is 6.79 Å². The van der Waals surface area contributed by atoms with Crippen molar-refractivity contribution in [2.24, 2.45) is 4.99 Å². The molecule has 2 atom stereocenters. The number of carbonyl (C=O) groups is 1. The molecule has 150 valence electrons. The molecular formula is C20H18N2O5S2. The van der Waals surface area contributed by atoms with Gasteiger partial charge in [-0.25, -0.2) is 8.42 Å². The molecule has 2 fully saturated rings. The van der Waals surface area contributed by atoms with Crippen LogP contribution in [0.2, 0.25) is 0 Å². The number of ether oxygens (including phenoxy) is 2. The third-order valence-electron chi connectivity index (χ3n) is 5.19. The third-order valence-corrected chi connectivity index (χ3v) is 8.43. The van der Waals surface area contributed by atoms with Crippen LogP contribution in [-0.2, 0) is 16.4 Å². The molecule has 5 rings (SSSR count). The Balaban J connectivity index is 1.45. The van der Waals surface area contributed by atoms with Gasteiger partial charge in [-0.05, 0) is 23.8 Å². The predicted octanol–water partition coefficient (Wildman–Crippen LogP) is 2.33. The van der Waals surface area contributed by atoms with Crippen molar-refractivity contribution in [2.75, 3.05) is 18.3 Å². The van der Waals surface area contributed by atoms with Crippen LogP contribution in [0.25, 0.3) is 0 Å². The molecule has 29 heavy (non-hydrogen) atoms. The standard InChI is InChI=1S/C20H18N2O5S2/c23-19(14-6-7-16-17(8-14)27-12-26-16)21-20-22(9-13-4-2-1-3-5-13)15-10-29(24,25)11-18(15)28-20/h1-8,15,18H,9-12H2/t15-,18+/m0/s1. The Morgan fingerprint density at radius 3 is 2.72 bits per heavy atom. The van der Waals surface area contributed by atoms with Crippen LogP contribution in [0, 0.1) is 0 Å². The summed E-state index contributed by atoms with van der Waals surface area (Å²) < 4.78 is 34.9. The van der Waals surface area contributed by atoms with Crippen molar-refractivity contribution in [3.8, 4) is 11.5 Å². The SMILES string of the molecule is O=C(N=C1S[C@@H]2CS(=O)(=O)C[C@@H]2N1Cc1ccccc1)c1ccc2c(c1)OCO2. The van der Waals surface area contributed by atoms with Crippen molar-refractivity contribution in [1.29, 1.82) is 0 Å². The van der Waals surface area contributed by atoms with Crippen LogP contribution in [0.5, 0.6) is 11.5 Å². The minimum Gasteiger partial charge on any atom is -0.454 e. The lowest BCUT2D eigenvalue weighted by Gasteiger charge is -2.24. The van der Waals surface area contributed by atoms with Gasteiger partial charge in [-0.2, -0.15) is 4.99 Å². The molecule has 0 aromatic heterocycles. The highest BCUT2D eigenvalue weighted by molar-refractivity contribution is 8.15. The number of amidine groups is 1. The Morgan fingerprint density at radius 1 is 1.10 bits per heavy atom. The summed E-state index contributed by atoms with van der Waals surface area (Å²) in [5.74, 6) is 0.959. The maximum absolute atomic E-state index is 12.8. The number of aliphatic imine (C=N–C) groups is 1. The molecule has 7 nitrogen and oxygen atoms in total. The normalized spacial score (nSPS) is 25.4. The molecule has 3 heterocycles. The number of hydrogen-bond donors (Lipinski definition) is 0. The summed E-state index contributed by atoms with van der Waals surface area (Å²) in [7, 11) is -3.07. The lowest BCUT2D eigenvalue weighted by molar-refractivity contribution is 0.100. The Labute approximate surface area is 172 Å². The summed E-state index contributed by atoms with van der Waals surface area (Å²) in [5.41, 5.74) is 1.45. The molecule has 2 saturated heterocycles. The van der Waals surface area contributed by atoms with Gasteiger partial charge in [0.1, 0.15) is 0 Å². The first kappa shape index (κ1) is 18.5. The fourth-order valence-electron chi connectivity index (χ4n) is 3.78. The zero-order valence-corrected chi connectivity index (χ0v) is 17.0. The van der Waals surface area contributed by atoms with Gasteiger partial charge in [-0.3, -0.25) is 4.79 Å². The Kier molecular flexibility index (Phi) is 4.51. The first-order valence-corrected chi connectivity index (χ1v) is 11.9. The molecule has 1 amide bonds. The fraction of sp³-hybridized carbons (Fsp3) is 0.300. The summed E-state index contributed by atoms with van der Waals surface area (Å²) in [4.78, 5) is 19.1. The van der Waals surface area contributed by atoms with Crippen LogP contribution < -0.4 is 9.47 Å². The molecule has 0 radical (unpaired) electrons. The molecule has 0 saturated carbocycles. The van der Waals surface area contributed by atoms with Crippen LogP contribution in [0.1, 0.15) is 15.9 Å². The second kappa shape index (κ2) is 7.07. The molecule has 9 heteroatoms. The second-order valence-corrected chi connectivity index (χ2v) is 10.5. The lowest BCUT2D eigenvalue weighted by atomic mass is 10.1. The number of hydrogen-bond acceptors (Lipinski definition) is 6. The molecule has 0 unspecified atom stereocenters. The highest BCUT2D eigenvalue weighted by Gasteiger charge is 2.48. The van der Waals surface area contributed by atoms with E-state index in [2.05, 4.69) is 4.99 Å². The van der Waals surface area contributed by atoms with Crippen molar-refractivity contribution >= 4 is 32.7 Å². The Bertz CT molecular complexity index is 1100. The van der Waals surface area contributed by atoms with E-state index >= 15 is 0 Å². The van der Waals surface area contributed by atoms with Crippen molar-refractivity contribution in [2.45, 2.75) is 17.8 Å². The largest absolute Gasteiger partial charge is 0.454 e. The van der Waals surface area contributed by atoms with E-state index in [1.54, 1.807) is 18.2 Å². The predicted molar refractivity (Wildman–Crippen MR) is 110 cm³/mol. The molecule has 2 aromatic carbocycles. The summed E-state index contributed by atoms with van der Waals surface area (Å²) >= 11 is 1.38. The molecular weight excluding hydrogens is 412 g/mol. The molecule has 3 aliphatic heterocycles. The van der Waals surface area contributed by atoms with Gasteiger partial charge < -0.3 is 14.4 Å². The summed E-state index contributed by atoms with van der Waals surface area (Å²) in [5, 5.41) is 0.466. The van der Waals surface area contributed by atoms with E-state index in [1.807, 2.05) is 35.2 Å². The first-order valence-electron chi connectivity index (χ1n) is 9.19. The van der Waals surface area contributed by atoms with E-state index in [0.29, 0.717) is 28.8 Å². The molecule has 0 aliphatic carbocycles. The molecule has 2 aromatic rings. The minimum absolute atomic E-state index is 0.0920. The number of nitrogens with zero attached hydrogens (tertiary/aromatic N) is 2. The lowest BCUT2D eigenvalue weighted by Crippen LogP contribution is -2.37.